The van der Waals surface area contributed by atoms with Crippen LogP contribution in [0.4, 0.5) is 0 Å². The van der Waals surface area contributed by atoms with Crippen LogP contribution in [0.5, 0.6) is 0 Å². The van der Waals surface area contributed by atoms with E-state index in [1.165, 1.54) is 27.6 Å². The van der Waals surface area contributed by atoms with Crippen LogP contribution in [0.15, 0.2) is 12.1 Å². The topological polar surface area (TPSA) is 25.2 Å². The van der Waals surface area contributed by atoms with Crippen LogP contribution in [0.3, 0.4) is 0 Å². The molecule has 0 unspecified atom stereocenters. The van der Waals surface area contributed by atoms with E-state index in [0.29, 0.717) is 0 Å². The summed E-state index contributed by atoms with van der Waals surface area (Å²) in [6.45, 7) is 6.44. The Hall–Kier alpha value is -1.28. The molecule has 0 fully saturated rings. The number of rotatable bonds is 1. The van der Waals surface area contributed by atoms with Gasteiger partial charge in [0.1, 0.15) is 0 Å². The molecule has 2 heteroatoms. The minimum atomic E-state index is 0.107. The number of benzene rings is 1. The Labute approximate surface area is 90.2 Å². The number of hydrogen-bond acceptors (Lipinski definition) is 1. The molecule has 1 aromatic heterocycles. The molecule has 0 saturated heterocycles. The zero-order chi connectivity index (χ0) is 11.2. The van der Waals surface area contributed by atoms with Gasteiger partial charge >= 0.3 is 0 Å². The molecule has 0 saturated carbocycles. The SMILES string of the molecule is Cc1ccc2c(C)c(CO)n(C)c2c1C. The summed E-state index contributed by atoms with van der Waals surface area (Å²) in [4.78, 5) is 0. The minimum absolute atomic E-state index is 0.107. The fraction of sp³-hybridized carbons (Fsp3) is 0.385. The molecule has 2 rings (SSSR count). The smallest absolute Gasteiger partial charge is 0.0835 e. The first-order valence-corrected chi connectivity index (χ1v) is 5.22. The molecule has 1 heterocycles. The lowest BCUT2D eigenvalue weighted by Crippen LogP contribution is -1.98. The molecule has 2 aromatic rings. The monoisotopic (exact) mass is 203 g/mol. The molecule has 0 amide bonds. The first-order valence-electron chi connectivity index (χ1n) is 5.22. The molecule has 0 aliphatic rings. The Bertz CT molecular complexity index is 523. The molecule has 0 spiro atoms. The first kappa shape index (κ1) is 10.2. The lowest BCUT2D eigenvalue weighted by Gasteiger charge is -2.05. The van der Waals surface area contributed by atoms with E-state index in [0.717, 1.165) is 5.69 Å². The van der Waals surface area contributed by atoms with Gasteiger partial charge in [-0.25, -0.2) is 0 Å². The van der Waals surface area contributed by atoms with Crippen molar-refractivity contribution in [2.45, 2.75) is 27.4 Å². The number of hydrogen-bond donors (Lipinski definition) is 1. The summed E-state index contributed by atoms with van der Waals surface area (Å²) in [6.07, 6.45) is 0. The summed E-state index contributed by atoms with van der Waals surface area (Å²) in [6, 6.07) is 4.29. The zero-order valence-electron chi connectivity index (χ0n) is 9.76. The number of aromatic nitrogens is 1. The Morgan fingerprint density at radius 1 is 1.13 bits per heavy atom. The predicted octanol–water partition coefficient (Wildman–Crippen LogP) is 2.60. The highest BCUT2D eigenvalue weighted by Crippen LogP contribution is 2.28. The third-order valence-corrected chi connectivity index (χ3v) is 3.43. The molecular weight excluding hydrogens is 186 g/mol. The normalized spacial score (nSPS) is 11.3. The maximum atomic E-state index is 9.34. The second kappa shape index (κ2) is 3.38. The number of aliphatic hydroxyl groups is 1. The molecule has 15 heavy (non-hydrogen) atoms. The van der Waals surface area contributed by atoms with Crippen molar-refractivity contribution >= 4 is 10.9 Å². The molecule has 1 N–H and O–H groups in total. The molecule has 0 atom stereocenters. The van der Waals surface area contributed by atoms with Crippen LogP contribution >= 0.6 is 0 Å². The molecule has 1 aromatic carbocycles. The van der Waals surface area contributed by atoms with Crippen LogP contribution in [-0.4, -0.2) is 9.67 Å². The van der Waals surface area contributed by atoms with Crippen LogP contribution in [0, 0.1) is 20.8 Å². The maximum Gasteiger partial charge on any atom is 0.0835 e. The van der Waals surface area contributed by atoms with E-state index in [1.54, 1.807) is 0 Å². The van der Waals surface area contributed by atoms with Gasteiger partial charge in [-0.2, -0.15) is 0 Å². The third kappa shape index (κ3) is 1.29. The van der Waals surface area contributed by atoms with E-state index in [-0.39, 0.29) is 6.61 Å². The van der Waals surface area contributed by atoms with Crippen molar-refractivity contribution < 1.29 is 5.11 Å². The summed E-state index contributed by atoms with van der Waals surface area (Å²) in [5, 5.41) is 10.6. The summed E-state index contributed by atoms with van der Waals surface area (Å²) in [5.41, 5.74) is 6.05. The lowest BCUT2D eigenvalue weighted by atomic mass is 10.0. The van der Waals surface area contributed by atoms with Crippen molar-refractivity contribution in [3.63, 3.8) is 0 Å². The Balaban J connectivity index is 2.96. The highest BCUT2D eigenvalue weighted by Gasteiger charge is 2.12. The van der Waals surface area contributed by atoms with Crippen molar-refractivity contribution in [3.05, 3.63) is 34.5 Å². The minimum Gasteiger partial charge on any atom is -0.390 e. The fourth-order valence-electron chi connectivity index (χ4n) is 2.30. The van der Waals surface area contributed by atoms with Crippen LogP contribution in [0.1, 0.15) is 22.4 Å². The predicted molar refractivity (Wildman–Crippen MR) is 63.1 cm³/mol. The summed E-state index contributed by atoms with van der Waals surface area (Å²) in [5.74, 6) is 0. The standard InChI is InChI=1S/C13H17NO/c1-8-5-6-11-10(3)12(7-15)14(4)13(11)9(8)2/h5-6,15H,7H2,1-4H3. The van der Waals surface area contributed by atoms with Crippen molar-refractivity contribution in [3.8, 4) is 0 Å². The van der Waals surface area contributed by atoms with E-state index >= 15 is 0 Å². The molecule has 80 valence electrons. The quantitative estimate of drug-likeness (QED) is 0.757. The van der Waals surface area contributed by atoms with Crippen molar-refractivity contribution in [1.82, 2.24) is 4.57 Å². The molecule has 0 aliphatic carbocycles. The van der Waals surface area contributed by atoms with E-state index in [4.69, 9.17) is 0 Å². The van der Waals surface area contributed by atoms with Gasteiger partial charge in [0.2, 0.25) is 0 Å². The van der Waals surface area contributed by atoms with Gasteiger partial charge in [-0.05, 0) is 37.5 Å². The summed E-state index contributed by atoms with van der Waals surface area (Å²) < 4.78 is 2.10. The van der Waals surface area contributed by atoms with Gasteiger partial charge in [0.05, 0.1) is 12.1 Å². The van der Waals surface area contributed by atoms with Crippen molar-refractivity contribution in [2.75, 3.05) is 0 Å². The Morgan fingerprint density at radius 2 is 1.80 bits per heavy atom. The number of aliphatic hydroxyl groups excluding tert-OH is 1. The average molecular weight is 203 g/mol. The van der Waals surface area contributed by atoms with Gasteiger partial charge < -0.3 is 9.67 Å². The van der Waals surface area contributed by atoms with E-state index in [1.807, 2.05) is 7.05 Å². The number of aryl methyl sites for hydroxylation is 4. The maximum absolute atomic E-state index is 9.34. The van der Waals surface area contributed by atoms with Crippen molar-refractivity contribution in [1.29, 1.82) is 0 Å². The zero-order valence-corrected chi connectivity index (χ0v) is 9.76. The highest BCUT2D eigenvalue weighted by molar-refractivity contribution is 5.88. The van der Waals surface area contributed by atoms with E-state index < -0.39 is 0 Å². The number of nitrogens with zero attached hydrogens (tertiary/aromatic N) is 1. The van der Waals surface area contributed by atoms with E-state index in [9.17, 15) is 5.11 Å². The molecule has 0 bridgehead atoms. The van der Waals surface area contributed by atoms with Crippen molar-refractivity contribution in [2.24, 2.45) is 7.05 Å². The van der Waals surface area contributed by atoms with Crippen LogP contribution < -0.4 is 0 Å². The van der Waals surface area contributed by atoms with Gasteiger partial charge in [-0.15, -0.1) is 0 Å². The van der Waals surface area contributed by atoms with Crippen LogP contribution in [0.25, 0.3) is 10.9 Å². The van der Waals surface area contributed by atoms with Crippen LogP contribution in [-0.2, 0) is 13.7 Å². The summed E-state index contributed by atoms with van der Waals surface area (Å²) >= 11 is 0. The van der Waals surface area contributed by atoms with Gasteiger partial charge in [0, 0.05) is 18.1 Å². The Morgan fingerprint density at radius 3 is 2.40 bits per heavy atom. The van der Waals surface area contributed by atoms with Gasteiger partial charge in [0.15, 0.2) is 0 Å². The first-order chi connectivity index (χ1) is 7.07. The van der Waals surface area contributed by atoms with Gasteiger partial charge in [-0.3, -0.25) is 0 Å². The highest BCUT2D eigenvalue weighted by atomic mass is 16.3. The van der Waals surface area contributed by atoms with Crippen LogP contribution in [0.2, 0.25) is 0 Å². The molecular formula is C13H17NO. The average Bonchev–Trinajstić information content (AvgIpc) is 2.45. The fourth-order valence-corrected chi connectivity index (χ4v) is 2.30. The summed E-state index contributed by atoms with van der Waals surface area (Å²) in [7, 11) is 2.02. The largest absolute Gasteiger partial charge is 0.390 e. The molecule has 0 radical (unpaired) electrons. The van der Waals surface area contributed by atoms with Gasteiger partial charge in [-0.1, -0.05) is 12.1 Å². The second-order valence-corrected chi connectivity index (χ2v) is 4.19. The molecule has 0 aliphatic heterocycles. The Kier molecular flexibility index (Phi) is 2.31. The van der Waals surface area contributed by atoms with Gasteiger partial charge in [0.25, 0.3) is 0 Å². The third-order valence-electron chi connectivity index (χ3n) is 3.43. The van der Waals surface area contributed by atoms with E-state index in [2.05, 4.69) is 37.5 Å². The lowest BCUT2D eigenvalue weighted by molar-refractivity contribution is 0.272. The molecule has 2 nitrogen and oxygen atoms in total. The number of fused-ring (bicyclic) bond motifs is 1. The second-order valence-electron chi connectivity index (χ2n) is 4.19.